The Hall–Kier alpha value is -1.68. The van der Waals surface area contributed by atoms with Crippen molar-refractivity contribution in [2.75, 3.05) is 33.7 Å². The third kappa shape index (κ3) is 4.98. The molecule has 2 atom stereocenters. The lowest BCUT2D eigenvalue weighted by Gasteiger charge is -2.45. The van der Waals surface area contributed by atoms with E-state index in [-0.39, 0.29) is 12.0 Å². The van der Waals surface area contributed by atoms with E-state index in [2.05, 4.69) is 84.6 Å². The highest BCUT2D eigenvalue weighted by molar-refractivity contribution is 5.35. The summed E-state index contributed by atoms with van der Waals surface area (Å²) in [7, 11) is 4.18. The maximum absolute atomic E-state index is 11.7. The molecule has 146 valence electrons. The molecular formula is C24H34N2O. The number of nitrogens with zero attached hydrogens (tertiary/aromatic N) is 2. The maximum atomic E-state index is 11.7. The first-order valence-corrected chi connectivity index (χ1v) is 10.2. The zero-order valence-electron chi connectivity index (χ0n) is 17.0. The van der Waals surface area contributed by atoms with E-state index in [1.54, 1.807) is 0 Å². The summed E-state index contributed by atoms with van der Waals surface area (Å²) in [5.74, 6) is 0.113. The fourth-order valence-corrected chi connectivity index (χ4v) is 4.75. The van der Waals surface area contributed by atoms with Crippen LogP contribution >= 0.6 is 0 Å². The van der Waals surface area contributed by atoms with E-state index in [1.165, 1.54) is 30.4 Å². The lowest BCUT2D eigenvalue weighted by atomic mass is 9.76. The van der Waals surface area contributed by atoms with Crippen LogP contribution in [0.4, 0.5) is 0 Å². The lowest BCUT2D eigenvalue weighted by molar-refractivity contribution is -0.0512. The fourth-order valence-electron chi connectivity index (χ4n) is 4.75. The molecule has 1 saturated heterocycles. The average Bonchev–Trinajstić information content (AvgIpc) is 2.67. The SMILES string of the molecule is CN(C)C(C(c1ccccc1)c1ccccc1)C(C)(O)CN1CCCCC1. The fraction of sp³-hybridized carbons (Fsp3) is 0.500. The molecule has 0 aromatic heterocycles. The van der Waals surface area contributed by atoms with Crippen molar-refractivity contribution in [3.8, 4) is 0 Å². The molecule has 0 spiro atoms. The Morgan fingerprint density at radius 1 is 0.889 bits per heavy atom. The standard InChI is InChI=1S/C24H34N2O/c1-24(27,19-26-17-11-6-12-18-26)23(25(2)3)22(20-13-7-4-8-14-20)21-15-9-5-10-16-21/h4-5,7-10,13-16,22-23,27H,6,11-12,17-19H2,1-3H3. The van der Waals surface area contributed by atoms with Gasteiger partial charge in [-0.05, 0) is 58.1 Å². The number of aliphatic hydroxyl groups is 1. The van der Waals surface area contributed by atoms with Crippen LogP contribution in [0.2, 0.25) is 0 Å². The zero-order chi connectivity index (χ0) is 19.3. The highest BCUT2D eigenvalue weighted by Gasteiger charge is 2.41. The van der Waals surface area contributed by atoms with E-state index in [0.29, 0.717) is 6.54 Å². The first kappa shape index (κ1) is 20.1. The van der Waals surface area contributed by atoms with Crippen molar-refractivity contribution in [1.29, 1.82) is 0 Å². The number of hydrogen-bond acceptors (Lipinski definition) is 3. The van der Waals surface area contributed by atoms with Gasteiger partial charge in [-0.15, -0.1) is 0 Å². The first-order valence-electron chi connectivity index (χ1n) is 10.2. The summed E-state index contributed by atoms with van der Waals surface area (Å²) >= 11 is 0. The predicted octanol–water partition coefficient (Wildman–Crippen LogP) is 3.99. The number of likely N-dealkylation sites (tertiary alicyclic amines) is 1. The number of rotatable bonds is 7. The molecule has 3 heteroatoms. The van der Waals surface area contributed by atoms with Crippen molar-refractivity contribution in [3.05, 3.63) is 71.8 Å². The van der Waals surface area contributed by atoms with Crippen molar-refractivity contribution in [1.82, 2.24) is 9.80 Å². The molecule has 0 aliphatic carbocycles. The number of hydrogen-bond donors (Lipinski definition) is 1. The normalized spacial score (nSPS) is 19.2. The van der Waals surface area contributed by atoms with Gasteiger partial charge in [0.25, 0.3) is 0 Å². The second kappa shape index (κ2) is 9.01. The van der Waals surface area contributed by atoms with Gasteiger partial charge < -0.3 is 14.9 Å². The number of β-amino-alcohol motifs (C(OH)–C–C–N with tert-alkyl or cyclic N) is 1. The van der Waals surface area contributed by atoms with Crippen LogP contribution < -0.4 is 0 Å². The largest absolute Gasteiger partial charge is 0.387 e. The third-order valence-electron chi connectivity index (χ3n) is 5.82. The van der Waals surface area contributed by atoms with Crippen LogP contribution in [0.3, 0.4) is 0 Å². The van der Waals surface area contributed by atoms with Gasteiger partial charge in [-0.2, -0.15) is 0 Å². The van der Waals surface area contributed by atoms with Crippen LogP contribution in [-0.4, -0.2) is 60.3 Å². The minimum absolute atomic E-state index is 0.0239. The summed E-state index contributed by atoms with van der Waals surface area (Å²) in [5, 5.41) is 11.7. The van der Waals surface area contributed by atoms with E-state index in [0.717, 1.165) is 13.1 Å². The molecule has 0 amide bonds. The van der Waals surface area contributed by atoms with Gasteiger partial charge in [0.2, 0.25) is 0 Å². The Kier molecular flexibility index (Phi) is 6.69. The Bertz CT molecular complexity index is 639. The molecule has 0 saturated carbocycles. The summed E-state index contributed by atoms with van der Waals surface area (Å²) in [6, 6.07) is 21.2. The molecular weight excluding hydrogens is 332 g/mol. The van der Waals surface area contributed by atoms with E-state index < -0.39 is 5.60 Å². The molecule has 2 unspecified atom stereocenters. The highest BCUT2D eigenvalue weighted by atomic mass is 16.3. The molecule has 27 heavy (non-hydrogen) atoms. The first-order chi connectivity index (χ1) is 13.0. The van der Waals surface area contributed by atoms with E-state index >= 15 is 0 Å². The van der Waals surface area contributed by atoms with Crippen molar-refractivity contribution in [2.24, 2.45) is 0 Å². The minimum atomic E-state index is -0.822. The van der Waals surface area contributed by atoms with Gasteiger partial charge in [0, 0.05) is 18.5 Å². The van der Waals surface area contributed by atoms with E-state index in [1.807, 2.05) is 6.92 Å². The van der Waals surface area contributed by atoms with Gasteiger partial charge in [-0.3, -0.25) is 0 Å². The van der Waals surface area contributed by atoms with E-state index in [4.69, 9.17) is 0 Å². The summed E-state index contributed by atoms with van der Waals surface area (Å²) in [6.45, 7) is 4.92. The molecule has 1 aliphatic rings. The van der Waals surface area contributed by atoms with E-state index in [9.17, 15) is 5.11 Å². The average molecular weight is 367 g/mol. The van der Waals surface area contributed by atoms with Crippen molar-refractivity contribution in [3.63, 3.8) is 0 Å². The molecule has 0 bridgehead atoms. The minimum Gasteiger partial charge on any atom is -0.387 e. The van der Waals surface area contributed by atoms with Gasteiger partial charge in [-0.25, -0.2) is 0 Å². The number of benzene rings is 2. The molecule has 1 fully saturated rings. The molecule has 1 aliphatic heterocycles. The quantitative estimate of drug-likeness (QED) is 0.803. The Morgan fingerprint density at radius 2 is 1.37 bits per heavy atom. The van der Waals surface area contributed by atoms with Gasteiger partial charge in [-0.1, -0.05) is 67.1 Å². The Balaban J connectivity index is 1.97. The molecule has 3 rings (SSSR count). The summed E-state index contributed by atoms with van der Waals surface area (Å²) < 4.78 is 0. The third-order valence-corrected chi connectivity index (χ3v) is 5.82. The summed E-state index contributed by atoms with van der Waals surface area (Å²) in [6.07, 6.45) is 3.79. The molecule has 3 nitrogen and oxygen atoms in total. The Labute approximate surface area is 164 Å². The maximum Gasteiger partial charge on any atom is 0.0909 e. The molecule has 2 aromatic rings. The lowest BCUT2D eigenvalue weighted by Crippen LogP contribution is -2.57. The van der Waals surface area contributed by atoms with Gasteiger partial charge in [0.1, 0.15) is 0 Å². The van der Waals surface area contributed by atoms with Gasteiger partial charge in [0.15, 0.2) is 0 Å². The van der Waals surface area contributed by atoms with Crippen molar-refractivity contribution in [2.45, 2.75) is 43.7 Å². The van der Waals surface area contributed by atoms with Crippen LogP contribution in [-0.2, 0) is 0 Å². The smallest absolute Gasteiger partial charge is 0.0909 e. The summed E-state index contributed by atoms with van der Waals surface area (Å²) in [5.41, 5.74) is 1.68. The summed E-state index contributed by atoms with van der Waals surface area (Å²) in [4.78, 5) is 4.64. The van der Waals surface area contributed by atoms with Crippen LogP contribution in [0, 0.1) is 0 Å². The molecule has 1 N–H and O–H groups in total. The van der Waals surface area contributed by atoms with Crippen LogP contribution in [0.15, 0.2) is 60.7 Å². The van der Waals surface area contributed by atoms with Crippen LogP contribution in [0.1, 0.15) is 43.2 Å². The predicted molar refractivity (Wildman–Crippen MR) is 113 cm³/mol. The highest BCUT2D eigenvalue weighted by Crippen LogP contribution is 2.36. The molecule has 2 aromatic carbocycles. The topological polar surface area (TPSA) is 26.7 Å². The second-order valence-electron chi connectivity index (χ2n) is 8.40. The molecule has 0 radical (unpaired) electrons. The van der Waals surface area contributed by atoms with Gasteiger partial charge in [0.05, 0.1) is 5.60 Å². The van der Waals surface area contributed by atoms with Crippen LogP contribution in [0.5, 0.6) is 0 Å². The molecule has 1 heterocycles. The van der Waals surface area contributed by atoms with Crippen LogP contribution in [0.25, 0.3) is 0 Å². The number of likely N-dealkylation sites (N-methyl/N-ethyl adjacent to an activating group) is 1. The van der Waals surface area contributed by atoms with Crippen molar-refractivity contribution < 1.29 is 5.11 Å². The monoisotopic (exact) mass is 366 g/mol. The van der Waals surface area contributed by atoms with Crippen molar-refractivity contribution >= 4 is 0 Å². The second-order valence-corrected chi connectivity index (χ2v) is 8.40. The van der Waals surface area contributed by atoms with Gasteiger partial charge >= 0.3 is 0 Å². The zero-order valence-corrected chi connectivity index (χ0v) is 17.0. The Morgan fingerprint density at radius 3 is 1.81 bits per heavy atom. The number of piperidine rings is 1.